The molecule has 0 radical (unpaired) electrons. The number of hydrogen-bond donors (Lipinski definition) is 2. The molecule has 1 aromatic heterocycles. The van der Waals surface area contributed by atoms with Crippen LogP contribution >= 0.6 is 15.9 Å². The molecule has 16 heavy (non-hydrogen) atoms. The lowest BCUT2D eigenvalue weighted by molar-refractivity contribution is 0.773. The fourth-order valence-electron chi connectivity index (χ4n) is 1.63. The highest BCUT2D eigenvalue weighted by atomic mass is 79.9. The molecule has 0 bridgehead atoms. The van der Waals surface area contributed by atoms with Crippen molar-refractivity contribution in [2.24, 2.45) is 0 Å². The zero-order chi connectivity index (χ0) is 11.4. The number of halogens is 1. The number of benzene rings is 1. The van der Waals surface area contributed by atoms with E-state index < -0.39 is 0 Å². The molecule has 1 aromatic carbocycles. The van der Waals surface area contributed by atoms with Gasteiger partial charge in [0.25, 0.3) is 0 Å². The maximum Gasteiger partial charge on any atom is 0.0568 e. The van der Waals surface area contributed by atoms with Crippen LogP contribution in [0.2, 0.25) is 0 Å². The Balaban J connectivity index is 2.26. The summed E-state index contributed by atoms with van der Waals surface area (Å²) in [6.07, 6.45) is 2.84. The molecular formula is C12H14BrN3. The van der Waals surface area contributed by atoms with Crippen LogP contribution in [0.25, 0.3) is 11.1 Å². The van der Waals surface area contributed by atoms with Gasteiger partial charge in [0.05, 0.1) is 6.20 Å². The van der Waals surface area contributed by atoms with E-state index in [1.165, 1.54) is 16.8 Å². The van der Waals surface area contributed by atoms with Crippen molar-refractivity contribution in [3.63, 3.8) is 0 Å². The first-order valence-corrected chi connectivity index (χ1v) is 6.03. The minimum atomic E-state index is 0.950. The molecule has 0 aliphatic carbocycles. The van der Waals surface area contributed by atoms with Gasteiger partial charge in [-0.05, 0) is 24.7 Å². The van der Waals surface area contributed by atoms with Gasteiger partial charge in [-0.1, -0.05) is 28.1 Å². The number of likely N-dealkylation sites (N-methyl/N-ethyl adjacent to an activating group) is 1. The molecule has 4 heteroatoms. The van der Waals surface area contributed by atoms with Crippen LogP contribution in [-0.2, 0) is 6.42 Å². The molecule has 0 aliphatic heterocycles. The third-order valence-electron chi connectivity index (χ3n) is 2.50. The van der Waals surface area contributed by atoms with Gasteiger partial charge in [0, 0.05) is 28.7 Å². The summed E-state index contributed by atoms with van der Waals surface area (Å²) in [6.45, 7) is 0.950. The van der Waals surface area contributed by atoms with Crippen molar-refractivity contribution < 1.29 is 0 Å². The SMILES string of the molecule is CNCCc1[nH]ncc1-c1ccc(Br)cc1. The maximum absolute atomic E-state index is 4.11. The van der Waals surface area contributed by atoms with Crippen LogP contribution in [0.5, 0.6) is 0 Å². The van der Waals surface area contributed by atoms with Gasteiger partial charge >= 0.3 is 0 Å². The van der Waals surface area contributed by atoms with Crippen LogP contribution in [0.4, 0.5) is 0 Å². The largest absolute Gasteiger partial charge is 0.319 e. The first-order chi connectivity index (χ1) is 7.81. The van der Waals surface area contributed by atoms with E-state index in [0.29, 0.717) is 0 Å². The van der Waals surface area contributed by atoms with Gasteiger partial charge in [-0.3, -0.25) is 5.10 Å². The molecule has 0 unspecified atom stereocenters. The Kier molecular flexibility index (Phi) is 3.74. The van der Waals surface area contributed by atoms with Crippen LogP contribution in [0.3, 0.4) is 0 Å². The fourth-order valence-corrected chi connectivity index (χ4v) is 1.90. The molecule has 84 valence electrons. The molecule has 2 aromatic rings. The highest BCUT2D eigenvalue weighted by Crippen LogP contribution is 2.23. The summed E-state index contributed by atoms with van der Waals surface area (Å²) in [5.74, 6) is 0. The minimum Gasteiger partial charge on any atom is -0.319 e. The Morgan fingerprint density at radius 1 is 1.31 bits per heavy atom. The second-order valence-electron chi connectivity index (χ2n) is 3.62. The van der Waals surface area contributed by atoms with E-state index in [9.17, 15) is 0 Å². The topological polar surface area (TPSA) is 40.7 Å². The van der Waals surface area contributed by atoms with E-state index in [1.54, 1.807) is 0 Å². The van der Waals surface area contributed by atoms with E-state index in [2.05, 4.69) is 43.6 Å². The summed E-state index contributed by atoms with van der Waals surface area (Å²) in [4.78, 5) is 0. The minimum absolute atomic E-state index is 0.950. The van der Waals surface area contributed by atoms with Gasteiger partial charge in [-0.2, -0.15) is 5.10 Å². The second-order valence-corrected chi connectivity index (χ2v) is 4.54. The average Bonchev–Trinajstić information content (AvgIpc) is 2.75. The summed E-state index contributed by atoms with van der Waals surface area (Å²) >= 11 is 3.44. The van der Waals surface area contributed by atoms with E-state index in [4.69, 9.17) is 0 Å². The molecule has 0 aliphatic rings. The second kappa shape index (κ2) is 5.27. The number of aromatic amines is 1. The molecule has 0 fully saturated rings. The van der Waals surface area contributed by atoms with Crippen LogP contribution in [0, 0.1) is 0 Å². The van der Waals surface area contributed by atoms with Crippen molar-refractivity contribution in [3.8, 4) is 11.1 Å². The maximum atomic E-state index is 4.11. The monoisotopic (exact) mass is 279 g/mol. The number of hydrogen-bond acceptors (Lipinski definition) is 2. The molecule has 2 rings (SSSR count). The van der Waals surface area contributed by atoms with E-state index in [1.807, 2.05) is 25.4 Å². The Morgan fingerprint density at radius 3 is 2.75 bits per heavy atom. The molecule has 0 atom stereocenters. The molecule has 0 saturated heterocycles. The van der Waals surface area contributed by atoms with Gasteiger partial charge in [-0.15, -0.1) is 0 Å². The summed E-state index contributed by atoms with van der Waals surface area (Å²) in [6, 6.07) is 8.28. The van der Waals surface area contributed by atoms with Crippen molar-refractivity contribution in [1.82, 2.24) is 15.5 Å². The quantitative estimate of drug-likeness (QED) is 0.903. The highest BCUT2D eigenvalue weighted by Gasteiger charge is 2.06. The molecular weight excluding hydrogens is 266 g/mol. The van der Waals surface area contributed by atoms with Crippen LogP contribution in [0.15, 0.2) is 34.9 Å². The van der Waals surface area contributed by atoms with Crippen LogP contribution in [0.1, 0.15) is 5.69 Å². The number of H-pyrrole nitrogens is 1. The smallest absolute Gasteiger partial charge is 0.0568 e. The summed E-state index contributed by atoms with van der Waals surface area (Å²) in [5, 5.41) is 10.3. The first kappa shape index (κ1) is 11.4. The zero-order valence-corrected chi connectivity index (χ0v) is 10.7. The number of nitrogens with zero attached hydrogens (tertiary/aromatic N) is 1. The lowest BCUT2D eigenvalue weighted by Crippen LogP contribution is -2.11. The molecule has 1 heterocycles. The van der Waals surface area contributed by atoms with Gasteiger partial charge in [0.1, 0.15) is 0 Å². The van der Waals surface area contributed by atoms with Crippen molar-refractivity contribution in [2.75, 3.05) is 13.6 Å². The van der Waals surface area contributed by atoms with Crippen LogP contribution in [-0.4, -0.2) is 23.8 Å². The molecule has 0 spiro atoms. The van der Waals surface area contributed by atoms with Crippen LogP contribution < -0.4 is 5.32 Å². The zero-order valence-electron chi connectivity index (χ0n) is 9.13. The average molecular weight is 280 g/mol. The predicted molar refractivity (Wildman–Crippen MR) is 69.4 cm³/mol. The van der Waals surface area contributed by atoms with E-state index >= 15 is 0 Å². The lowest BCUT2D eigenvalue weighted by Gasteiger charge is -2.03. The third-order valence-corrected chi connectivity index (χ3v) is 3.03. The third kappa shape index (κ3) is 2.51. The van der Waals surface area contributed by atoms with Gasteiger partial charge in [0.15, 0.2) is 0 Å². The van der Waals surface area contributed by atoms with Gasteiger partial charge in [-0.25, -0.2) is 0 Å². The van der Waals surface area contributed by atoms with Crippen molar-refractivity contribution in [2.45, 2.75) is 6.42 Å². The lowest BCUT2D eigenvalue weighted by atomic mass is 10.1. The number of rotatable bonds is 4. The fraction of sp³-hybridized carbons (Fsp3) is 0.250. The predicted octanol–water partition coefficient (Wildman–Crippen LogP) is 2.60. The molecule has 0 amide bonds. The Labute approximate surface area is 103 Å². The molecule has 3 nitrogen and oxygen atoms in total. The van der Waals surface area contributed by atoms with E-state index in [0.717, 1.165) is 17.4 Å². The summed E-state index contributed by atoms with van der Waals surface area (Å²) in [7, 11) is 1.95. The number of nitrogens with one attached hydrogen (secondary N) is 2. The summed E-state index contributed by atoms with van der Waals surface area (Å²) < 4.78 is 1.09. The highest BCUT2D eigenvalue weighted by molar-refractivity contribution is 9.10. The van der Waals surface area contributed by atoms with E-state index in [-0.39, 0.29) is 0 Å². The van der Waals surface area contributed by atoms with Crippen molar-refractivity contribution in [1.29, 1.82) is 0 Å². The standard InChI is InChI=1S/C12H14BrN3/c1-14-7-6-12-11(8-15-16-12)9-2-4-10(13)5-3-9/h2-5,8,14H,6-7H2,1H3,(H,15,16). The summed E-state index contributed by atoms with van der Waals surface area (Å²) in [5.41, 5.74) is 3.56. The Bertz CT molecular complexity index is 448. The first-order valence-electron chi connectivity index (χ1n) is 5.24. The molecule has 0 saturated carbocycles. The van der Waals surface area contributed by atoms with Crippen molar-refractivity contribution >= 4 is 15.9 Å². The molecule has 2 N–H and O–H groups in total. The number of aromatic nitrogens is 2. The Hall–Kier alpha value is -1.13. The normalized spacial score (nSPS) is 10.6. The van der Waals surface area contributed by atoms with Crippen molar-refractivity contribution in [3.05, 3.63) is 40.6 Å². The van der Waals surface area contributed by atoms with Gasteiger partial charge < -0.3 is 5.32 Å². The Morgan fingerprint density at radius 2 is 2.06 bits per heavy atom. The van der Waals surface area contributed by atoms with Gasteiger partial charge in [0.2, 0.25) is 0 Å².